The third-order valence-corrected chi connectivity index (χ3v) is 2.28. The van der Waals surface area contributed by atoms with Gasteiger partial charge in [-0.1, -0.05) is 0 Å². The van der Waals surface area contributed by atoms with Gasteiger partial charge in [-0.25, -0.2) is 4.98 Å². The highest BCUT2D eigenvalue weighted by molar-refractivity contribution is 5.07. The molecule has 0 aliphatic heterocycles. The molecule has 0 fully saturated rings. The molecular weight excluding hydrogens is 178 g/mol. The maximum Gasteiger partial charge on any atom is 0.256 e. The molecule has 4 nitrogen and oxygen atoms in total. The zero-order valence-corrected chi connectivity index (χ0v) is 9.00. The van der Waals surface area contributed by atoms with Crippen LogP contribution in [-0.2, 0) is 13.0 Å². The van der Waals surface area contributed by atoms with E-state index in [1.165, 1.54) is 0 Å². The van der Waals surface area contributed by atoms with Gasteiger partial charge < -0.3 is 5.32 Å². The molecule has 0 bridgehead atoms. The Morgan fingerprint density at radius 2 is 2.29 bits per heavy atom. The molecule has 1 N–H and O–H groups in total. The molecule has 0 aromatic carbocycles. The van der Waals surface area contributed by atoms with E-state index in [4.69, 9.17) is 0 Å². The van der Waals surface area contributed by atoms with E-state index in [0.29, 0.717) is 6.54 Å². The molecule has 1 aromatic heterocycles. The van der Waals surface area contributed by atoms with Gasteiger partial charge in [-0.05, 0) is 33.9 Å². The van der Waals surface area contributed by atoms with Crippen molar-refractivity contribution in [3.05, 3.63) is 27.9 Å². The zero-order chi connectivity index (χ0) is 10.6. The number of aromatic nitrogens is 2. The second-order valence-corrected chi connectivity index (χ2v) is 3.23. The molecular formula is C10H17N3O. The molecule has 0 amide bonds. The van der Waals surface area contributed by atoms with Gasteiger partial charge in [0.2, 0.25) is 0 Å². The summed E-state index contributed by atoms with van der Waals surface area (Å²) >= 11 is 0. The SMILES string of the molecule is CCn1c(C)ncc(CCNC)c1=O. The van der Waals surface area contributed by atoms with Crippen molar-refractivity contribution in [2.45, 2.75) is 26.8 Å². The molecule has 0 saturated heterocycles. The van der Waals surface area contributed by atoms with E-state index in [9.17, 15) is 4.79 Å². The van der Waals surface area contributed by atoms with Gasteiger partial charge in [0, 0.05) is 18.3 Å². The minimum Gasteiger partial charge on any atom is -0.319 e. The second kappa shape index (κ2) is 4.91. The first kappa shape index (κ1) is 10.9. The van der Waals surface area contributed by atoms with E-state index in [-0.39, 0.29) is 5.56 Å². The lowest BCUT2D eigenvalue weighted by atomic mass is 10.2. The summed E-state index contributed by atoms with van der Waals surface area (Å²) in [6, 6.07) is 0. The molecule has 0 saturated carbocycles. The van der Waals surface area contributed by atoms with Gasteiger partial charge in [-0.2, -0.15) is 0 Å². The van der Waals surface area contributed by atoms with Gasteiger partial charge >= 0.3 is 0 Å². The van der Waals surface area contributed by atoms with Gasteiger partial charge in [0.15, 0.2) is 0 Å². The topological polar surface area (TPSA) is 46.9 Å². The summed E-state index contributed by atoms with van der Waals surface area (Å²) in [5.74, 6) is 0.783. The van der Waals surface area contributed by atoms with E-state index in [1.807, 2.05) is 20.9 Å². The highest BCUT2D eigenvalue weighted by Gasteiger charge is 2.04. The minimum absolute atomic E-state index is 0.0928. The summed E-state index contributed by atoms with van der Waals surface area (Å²) in [6.45, 7) is 5.30. The molecule has 0 aliphatic carbocycles. The van der Waals surface area contributed by atoms with Crippen LogP contribution in [0.15, 0.2) is 11.0 Å². The van der Waals surface area contributed by atoms with Crippen LogP contribution in [0.4, 0.5) is 0 Å². The lowest BCUT2D eigenvalue weighted by Crippen LogP contribution is -2.27. The summed E-state index contributed by atoms with van der Waals surface area (Å²) < 4.78 is 1.70. The Morgan fingerprint density at radius 3 is 2.86 bits per heavy atom. The van der Waals surface area contributed by atoms with E-state index in [0.717, 1.165) is 24.4 Å². The van der Waals surface area contributed by atoms with Gasteiger partial charge in [0.1, 0.15) is 5.82 Å². The number of rotatable bonds is 4. The fourth-order valence-corrected chi connectivity index (χ4v) is 1.42. The average molecular weight is 195 g/mol. The monoisotopic (exact) mass is 195 g/mol. The summed E-state index contributed by atoms with van der Waals surface area (Å²) in [4.78, 5) is 16.0. The molecule has 0 spiro atoms. The molecule has 14 heavy (non-hydrogen) atoms. The first-order valence-electron chi connectivity index (χ1n) is 4.90. The van der Waals surface area contributed by atoms with Crippen molar-refractivity contribution in [2.75, 3.05) is 13.6 Å². The van der Waals surface area contributed by atoms with Crippen molar-refractivity contribution in [3.8, 4) is 0 Å². The van der Waals surface area contributed by atoms with Crippen LogP contribution < -0.4 is 10.9 Å². The summed E-state index contributed by atoms with van der Waals surface area (Å²) in [6.07, 6.45) is 2.42. The minimum atomic E-state index is 0.0928. The molecule has 1 rings (SSSR count). The van der Waals surface area contributed by atoms with E-state index in [1.54, 1.807) is 10.8 Å². The number of nitrogens with zero attached hydrogens (tertiary/aromatic N) is 2. The van der Waals surface area contributed by atoms with E-state index < -0.39 is 0 Å². The second-order valence-electron chi connectivity index (χ2n) is 3.23. The van der Waals surface area contributed by atoms with Gasteiger partial charge in [0.05, 0.1) is 0 Å². The van der Waals surface area contributed by atoms with Crippen LogP contribution in [0.5, 0.6) is 0 Å². The standard InChI is InChI=1S/C10H17N3O/c1-4-13-8(2)12-7-9(10(13)14)5-6-11-3/h7,11H,4-6H2,1-3H3. The first-order valence-corrected chi connectivity index (χ1v) is 4.90. The molecule has 0 atom stereocenters. The number of nitrogens with one attached hydrogen (secondary N) is 1. The number of hydrogen-bond donors (Lipinski definition) is 1. The smallest absolute Gasteiger partial charge is 0.256 e. The van der Waals surface area contributed by atoms with Crippen molar-refractivity contribution < 1.29 is 0 Å². The lowest BCUT2D eigenvalue weighted by Gasteiger charge is -2.08. The Kier molecular flexibility index (Phi) is 3.83. The Hall–Kier alpha value is -1.16. The number of hydrogen-bond acceptors (Lipinski definition) is 3. The Morgan fingerprint density at radius 1 is 1.57 bits per heavy atom. The van der Waals surface area contributed by atoms with Crippen LogP contribution in [0.3, 0.4) is 0 Å². The summed E-state index contributed by atoms with van der Waals surface area (Å²) in [7, 11) is 1.87. The Balaban J connectivity index is 3.02. The third-order valence-electron chi connectivity index (χ3n) is 2.28. The maximum atomic E-state index is 11.8. The lowest BCUT2D eigenvalue weighted by molar-refractivity contribution is 0.655. The zero-order valence-electron chi connectivity index (χ0n) is 9.00. The van der Waals surface area contributed by atoms with E-state index in [2.05, 4.69) is 10.3 Å². The molecule has 1 heterocycles. The first-order chi connectivity index (χ1) is 6.70. The molecule has 4 heteroatoms. The van der Waals surface area contributed by atoms with Crippen molar-refractivity contribution in [3.63, 3.8) is 0 Å². The van der Waals surface area contributed by atoms with Crippen LogP contribution >= 0.6 is 0 Å². The van der Waals surface area contributed by atoms with Crippen LogP contribution in [0, 0.1) is 6.92 Å². The maximum absolute atomic E-state index is 11.8. The average Bonchev–Trinajstić information content (AvgIpc) is 2.18. The number of aryl methyl sites for hydroxylation is 1. The van der Waals surface area contributed by atoms with Gasteiger partial charge in [-0.3, -0.25) is 9.36 Å². The van der Waals surface area contributed by atoms with Gasteiger partial charge in [-0.15, -0.1) is 0 Å². The molecule has 78 valence electrons. The molecule has 0 aliphatic rings. The molecule has 0 unspecified atom stereocenters. The summed E-state index contributed by atoms with van der Waals surface area (Å²) in [5, 5.41) is 3.02. The van der Waals surface area contributed by atoms with Crippen molar-refractivity contribution >= 4 is 0 Å². The number of likely N-dealkylation sites (N-methyl/N-ethyl adjacent to an activating group) is 1. The van der Waals surface area contributed by atoms with Crippen molar-refractivity contribution in [1.82, 2.24) is 14.9 Å². The van der Waals surface area contributed by atoms with Crippen LogP contribution in [0.1, 0.15) is 18.3 Å². The largest absolute Gasteiger partial charge is 0.319 e. The third kappa shape index (κ3) is 2.20. The van der Waals surface area contributed by atoms with Crippen LogP contribution in [0.25, 0.3) is 0 Å². The van der Waals surface area contributed by atoms with Crippen molar-refractivity contribution in [2.24, 2.45) is 0 Å². The highest BCUT2D eigenvalue weighted by atomic mass is 16.1. The Bertz CT molecular complexity index is 357. The van der Waals surface area contributed by atoms with Crippen LogP contribution in [-0.4, -0.2) is 23.1 Å². The van der Waals surface area contributed by atoms with Gasteiger partial charge in [0.25, 0.3) is 5.56 Å². The van der Waals surface area contributed by atoms with Crippen molar-refractivity contribution in [1.29, 1.82) is 0 Å². The molecule has 0 radical (unpaired) electrons. The van der Waals surface area contributed by atoms with E-state index >= 15 is 0 Å². The predicted octanol–water partition coefficient (Wildman–Crippen LogP) is 0.334. The van der Waals surface area contributed by atoms with Crippen LogP contribution in [0.2, 0.25) is 0 Å². The normalized spacial score (nSPS) is 10.5. The molecule has 1 aromatic rings. The highest BCUT2D eigenvalue weighted by Crippen LogP contribution is 1.94. The predicted molar refractivity (Wildman–Crippen MR) is 56.5 cm³/mol. The quantitative estimate of drug-likeness (QED) is 0.753. The Labute approximate surface area is 84.0 Å². The fraction of sp³-hybridized carbons (Fsp3) is 0.600. The fourth-order valence-electron chi connectivity index (χ4n) is 1.42. The summed E-state index contributed by atoms with van der Waals surface area (Å²) in [5.41, 5.74) is 0.877.